The second kappa shape index (κ2) is 7.04. The number of anilines is 1. The summed E-state index contributed by atoms with van der Waals surface area (Å²) in [5.74, 6) is 1.62. The lowest BCUT2D eigenvalue weighted by molar-refractivity contribution is 0.415. The predicted octanol–water partition coefficient (Wildman–Crippen LogP) is 2.35. The molecule has 1 unspecified atom stereocenters. The smallest absolute Gasteiger partial charge is 0.120 e. The van der Waals surface area contributed by atoms with Gasteiger partial charge in [-0.2, -0.15) is 5.10 Å². The van der Waals surface area contributed by atoms with Gasteiger partial charge in [0.25, 0.3) is 0 Å². The summed E-state index contributed by atoms with van der Waals surface area (Å²) in [6, 6.07) is 8.34. The van der Waals surface area contributed by atoms with Crippen molar-refractivity contribution < 1.29 is 4.74 Å². The van der Waals surface area contributed by atoms with Crippen LogP contribution in [0.15, 0.2) is 30.5 Å². The quantitative estimate of drug-likeness (QED) is 0.889. The fourth-order valence-corrected chi connectivity index (χ4v) is 3.26. The van der Waals surface area contributed by atoms with E-state index in [-0.39, 0.29) is 0 Å². The van der Waals surface area contributed by atoms with Gasteiger partial charge in [-0.3, -0.25) is 4.68 Å². The number of nitrogens with zero attached hydrogens (tertiary/aromatic N) is 3. The van der Waals surface area contributed by atoms with Crippen molar-refractivity contribution in [2.45, 2.75) is 19.9 Å². The summed E-state index contributed by atoms with van der Waals surface area (Å²) in [5, 5.41) is 7.88. The second-order valence-electron chi connectivity index (χ2n) is 6.33. The van der Waals surface area contributed by atoms with Gasteiger partial charge in [0.15, 0.2) is 0 Å². The highest BCUT2D eigenvalue weighted by Gasteiger charge is 2.22. The summed E-state index contributed by atoms with van der Waals surface area (Å²) in [6.45, 7) is 6.27. The SMILES string of the molecule is COc1cccc(N2CCC(CNCc3c(C)cnn3C)C2)c1. The number of benzene rings is 1. The number of nitrogens with one attached hydrogen (secondary N) is 1. The maximum Gasteiger partial charge on any atom is 0.120 e. The second-order valence-corrected chi connectivity index (χ2v) is 6.33. The Labute approximate surface area is 138 Å². The molecule has 23 heavy (non-hydrogen) atoms. The number of hydrogen-bond donors (Lipinski definition) is 1. The molecule has 0 saturated carbocycles. The minimum Gasteiger partial charge on any atom is -0.497 e. The first-order valence-corrected chi connectivity index (χ1v) is 8.24. The maximum atomic E-state index is 5.32. The van der Waals surface area contributed by atoms with E-state index < -0.39 is 0 Å². The van der Waals surface area contributed by atoms with Crippen LogP contribution in [0.2, 0.25) is 0 Å². The molecular weight excluding hydrogens is 288 g/mol. The van der Waals surface area contributed by atoms with Crippen molar-refractivity contribution in [3.05, 3.63) is 41.7 Å². The van der Waals surface area contributed by atoms with Crippen molar-refractivity contribution >= 4 is 5.69 Å². The molecule has 0 bridgehead atoms. The fraction of sp³-hybridized carbons (Fsp3) is 0.500. The zero-order valence-corrected chi connectivity index (χ0v) is 14.2. The molecule has 0 aliphatic carbocycles. The third-order valence-electron chi connectivity index (χ3n) is 4.70. The maximum absolute atomic E-state index is 5.32. The molecule has 5 nitrogen and oxygen atoms in total. The first-order valence-electron chi connectivity index (χ1n) is 8.24. The van der Waals surface area contributed by atoms with E-state index in [2.05, 4.69) is 40.4 Å². The average Bonchev–Trinajstić information content (AvgIpc) is 3.16. The summed E-state index contributed by atoms with van der Waals surface area (Å²) >= 11 is 0. The number of hydrogen-bond acceptors (Lipinski definition) is 4. The van der Waals surface area contributed by atoms with Crippen molar-refractivity contribution in [1.29, 1.82) is 0 Å². The van der Waals surface area contributed by atoms with Crippen LogP contribution in [0.5, 0.6) is 5.75 Å². The standard InChI is InChI=1S/C18H26N4O/c1-14-10-20-21(2)18(14)12-19-11-15-7-8-22(13-15)16-5-4-6-17(9-16)23-3/h4-6,9-10,15,19H,7-8,11-13H2,1-3H3. The highest BCUT2D eigenvalue weighted by atomic mass is 16.5. The Morgan fingerprint density at radius 3 is 3.00 bits per heavy atom. The lowest BCUT2D eigenvalue weighted by Crippen LogP contribution is -2.27. The fourth-order valence-electron chi connectivity index (χ4n) is 3.26. The van der Waals surface area contributed by atoms with Gasteiger partial charge in [-0.25, -0.2) is 0 Å². The Balaban J connectivity index is 1.50. The molecule has 3 rings (SSSR count). The highest BCUT2D eigenvalue weighted by Crippen LogP contribution is 2.26. The predicted molar refractivity (Wildman–Crippen MR) is 93.0 cm³/mol. The number of methoxy groups -OCH3 is 1. The number of ether oxygens (including phenoxy) is 1. The molecule has 1 aliphatic heterocycles. The number of rotatable bonds is 6. The van der Waals surface area contributed by atoms with Crippen LogP contribution in [0.4, 0.5) is 5.69 Å². The lowest BCUT2D eigenvalue weighted by Gasteiger charge is -2.19. The highest BCUT2D eigenvalue weighted by molar-refractivity contribution is 5.51. The van der Waals surface area contributed by atoms with Crippen LogP contribution in [-0.4, -0.2) is 36.5 Å². The zero-order valence-electron chi connectivity index (χ0n) is 14.2. The van der Waals surface area contributed by atoms with Gasteiger partial charge in [0.05, 0.1) is 19.0 Å². The van der Waals surface area contributed by atoms with Gasteiger partial charge in [-0.1, -0.05) is 6.07 Å². The molecule has 1 aromatic heterocycles. The molecule has 2 heterocycles. The lowest BCUT2D eigenvalue weighted by atomic mass is 10.1. The van der Waals surface area contributed by atoms with Gasteiger partial charge >= 0.3 is 0 Å². The average molecular weight is 314 g/mol. The van der Waals surface area contributed by atoms with Crippen LogP contribution in [0.3, 0.4) is 0 Å². The minimum absolute atomic E-state index is 0.690. The third kappa shape index (κ3) is 3.67. The summed E-state index contributed by atoms with van der Waals surface area (Å²) in [5.41, 5.74) is 3.78. The van der Waals surface area contributed by atoms with Crippen LogP contribution in [0, 0.1) is 12.8 Å². The van der Waals surface area contributed by atoms with Gasteiger partial charge < -0.3 is 15.0 Å². The van der Waals surface area contributed by atoms with E-state index in [4.69, 9.17) is 4.74 Å². The van der Waals surface area contributed by atoms with E-state index in [0.717, 1.165) is 31.9 Å². The van der Waals surface area contributed by atoms with E-state index in [9.17, 15) is 0 Å². The molecule has 0 spiro atoms. The van der Waals surface area contributed by atoms with Crippen molar-refractivity contribution in [1.82, 2.24) is 15.1 Å². The zero-order chi connectivity index (χ0) is 16.2. The molecule has 1 saturated heterocycles. The largest absolute Gasteiger partial charge is 0.497 e. The minimum atomic E-state index is 0.690. The van der Waals surface area contributed by atoms with Crippen LogP contribution >= 0.6 is 0 Å². The van der Waals surface area contributed by atoms with Gasteiger partial charge in [0, 0.05) is 45.0 Å². The van der Waals surface area contributed by atoms with E-state index in [1.54, 1.807) is 7.11 Å². The summed E-state index contributed by atoms with van der Waals surface area (Å²) in [4.78, 5) is 2.45. The van der Waals surface area contributed by atoms with Gasteiger partial charge in [0.2, 0.25) is 0 Å². The Kier molecular flexibility index (Phi) is 4.86. The summed E-state index contributed by atoms with van der Waals surface area (Å²) < 4.78 is 7.28. The van der Waals surface area contributed by atoms with Crippen LogP contribution in [-0.2, 0) is 13.6 Å². The molecule has 5 heteroatoms. The van der Waals surface area contributed by atoms with Crippen molar-refractivity contribution in [2.75, 3.05) is 31.6 Å². The first-order chi connectivity index (χ1) is 11.2. The Morgan fingerprint density at radius 1 is 1.39 bits per heavy atom. The monoisotopic (exact) mass is 314 g/mol. The van der Waals surface area contributed by atoms with Gasteiger partial charge in [-0.15, -0.1) is 0 Å². The Bertz CT molecular complexity index is 633. The molecule has 1 aromatic carbocycles. The van der Waals surface area contributed by atoms with Crippen molar-refractivity contribution in [3.63, 3.8) is 0 Å². The molecule has 0 amide bonds. The van der Waals surface area contributed by atoms with E-state index in [0.29, 0.717) is 5.92 Å². The molecule has 124 valence electrons. The Hall–Kier alpha value is -2.01. The molecule has 1 aliphatic rings. The summed E-state index contributed by atoms with van der Waals surface area (Å²) in [7, 11) is 3.72. The van der Waals surface area contributed by atoms with E-state index in [1.165, 1.54) is 23.4 Å². The van der Waals surface area contributed by atoms with Crippen LogP contribution in [0.1, 0.15) is 17.7 Å². The molecule has 1 N–H and O–H groups in total. The molecule has 2 aromatic rings. The third-order valence-corrected chi connectivity index (χ3v) is 4.70. The normalized spacial score (nSPS) is 17.7. The summed E-state index contributed by atoms with van der Waals surface area (Å²) in [6.07, 6.45) is 3.16. The topological polar surface area (TPSA) is 42.3 Å². The molecular formula is C18H26N4O. The van der Waals surface area contributed by atoms with E-state index in [1.807, 2.05) is 24.0 Å². The van der Waals surface area contributed by atoms with Gasteiger partial charge in [0.1, 0.15) is 5.75 Å². The van der Waals surface area contributed by atoms with E-state index >= 15 is 0 Å². The van der Waals surface area contributed by atoms with Crippen LogP contribution in [0.25, 0.3) is 0 Å². The molecule has 1 fully saturated rings. The number of aryl methyl sites for hydroxylation is 2. The van der Waals surface area contributed by atoms with Crippen LogP contribution < -0.4 is 15.0 Å². The molecule has 0 radical (unpaired) electrons. The van der Waals surface area contributed by atoms with Gasteiger partial charge in [-0.05, 0) is 37.0 Å². The first kappa shape index (κ1) is 15.9. The Morgan fingerprint density at radius 2 is 2.26 bits per heavy atom. The molecule has 1 atom stereocenters. The van der Waals surface area contributed by atoms with Crippen molar-refractivity contribution in [3.8, 4) is 5.75 Å². The number of aromatic nitrogens is 2. The van der Waals surface area contributed by atoms with Crippen molar-refractivity contribution in [2.24, 2.45) is 13.0 Å².